The number of nitrogens with zero attached hydrogens (tertiary/aromatic N) is 2. The van der Waals surface area contributed by atoms with E-state index in [1.54, 1.807) is 42.7 Å². The molecule has 0 aliphatic heterocycles. The molecule has 4 N–H and O–H groups in total. The van der Waals surface area contributed by atoms with E-state index in [-0.39, 0.29) is 13.8 Å². The number of hydrogen-bond acceptors (Lipinski definition) is 4. The number of amides is 2. The van der Waals surface area contributed by atoms with Gasteiger partial charge >= 0.3 is 0 Å². The van der Waals surface area contributed by atoms with Crippen molar-refractivity contribution in [3.8, 4) is 11.4 Å². The van der Waals surface area contributed by atoms with E-state index in [1.165, 1.54) is 18.2 Å². The zero-order chi connectivity index (χ0) is 21.1. The second-order valence-corrected chi connectivity index (χ2v) is 6.79. The number of imidazole rings is 1. The van der Waals surface area contributed by atoms with Crippen molar-refractivity contribution in [2.24, 2.45) is 5.73 Å². The highest BCUT2D eigenvalue weighted by Gasteiger charge is 2.22. The third-order valence-electron chi connectivity index (χ3n) is 4.69. The van der Waals surface area contributed by atoms with Crippen LogP contribution >= 0.6 is 0 Å². The quantitative estimate of drug-likeness (QED) is 0.445. The summed E-state index contributed by atoms with van der Waals surface area (Å²) < 4.78 is 13.4. The van der Waals surface area contributed by atoms with Gasteiger partial charge in [0.1, 0.15) is 23.2 Å². The molecule has 0 radical (unpaired) electrons. The van der Waals surface area contributed by atoms with Gasteiger partial charge in [-0.25, -0.2) is 9.37 Å². The van der Waals surface area contributed by atoms with Gasteiger partial charge in [-0.2, -0.15) is 0 Å². The van der Waals surface area contributed by atoms with Crippen LogP contribution in [0.25, 0.3) is 22.4 Å². The minimum Gasteiger partial charge on any atom is -0.368 e. The van der Waals surface area contributed by atoms with Gasteiger partial charge in [0.25, 0.3) is 5.91 Å². The summed E-state index contributed by atoms with van der Waals surface area (Å²) in [7, 11) is 0. The molecule has 0 saturated heterocycles. The first-order chi connectivity index (χ1) is 14.5. The maximum Gasteiger partial charge on any atom is 0.254 e. The van der Waals surface area contributed by atoms with E-state index in [2.05, 4.69) is 20.3 Å². The summed E-state index contributed by atoms with van der Waals surface area (Å²) in [6.07, 6.45) is 3.39. The molecule has 8 heteroatoms. The fourth-order valence-corrected chi connectivity index (χ4v) is 3.22. The number of fused-ring (bicyclic) bond motifs is 1. The van der Waals surface area contributed by atoms with Crippen molar-refractivity contribution in [1.82, 2.24) is 20.3 Å². The third-order valence-corrected chi connectivity index (χ3v) is 4.69. The molecule has 4 aromatic rings. The molecular weight excluding hydrogens is 397 g/mol. The number of para-hydroxylation sites is 1. The van der Waals surface area contributed by atoms with Crippen molar-refractivity contribution in [3.63, 3.8) is 0 Å². The van der Waals surface area contributed by atoms with E-state index < -0.39 is 23.7 Å². The Kier molecular flexibility index (Phi) is 6.40. The van der Waals surface area contributed by atoms with Crippen LogP contribution in [0.4, 0.5) is 4.39 Å². The molecule has 0 saturated carbocycles. The number of halogens is 1. The summed E-state index contributed by atoms with van der Waals surface area (Å²) in [5.74, 6) is -1.03. The summed E-state index contributed by atoms with van der Waals surface area (Å²) in [5.41, 5.74) is 8.29. The molecule has 31 heavy (non-hydrogen) atoms. The topological polar surface area (TPSA) is 114 Å². The van der Waals surface area contributed by atoms with Crippen molar-refractivity contribution in [2.45, 2.75) is 19.9 Å². The van der Waals surface area contributed by atoms with E-state index in [1.807, 2.05) is 6.07 Å². The van der Waals surface area contributed by atoms with Gasteiger partial charge < -0.3 is 16.0 Å². The molecule has 2 amide bonds. The summed E-state index contributed by atoms with van der Waals surface area (Å²) in [6.45, 7) is 0. The second-order valence-electron chi connectivity index (χ2n) is 6.79. The first-order valence-electron chi connectivity index (χ1n) is 9.25. The van der Waals surface area contributed by atoms with Crippen molar-refractivity contribution in [1.29, 1.82) is 0 Å². The van der Waals surface area contributed by atoms with Crippen LogP contribution < -0.4 is 11.1 Å². The van der Waals surface area contributed by atoms with E-state index in [0.29, 0.717) is 28.0 Å². The number of nitrogens with two attached hydrogens (primary N) is 1. The van der Waals surface area contributed by atoms with Crippen molar-refractivity contribution < 1.29 is 14.0 Å². The van der Waals surface area contributed by atoms with Crippen LogP contribution in [0.2, 0.25) is 0 Å². The number of rotatable bonds is 6. The maximum atomic E-state index is 13.4. The molecule has 0 bridgehead atoms. The smallest absolute Gasteiger partial charge is 0.254 e. The Morgan fingerprint density at radius 1 is 1.10 bits per heavy atom. The number of aromatic amines is 1. The number of nitrogens with one attached hydrogen (secondary N) is 2. The molecule has 7 nitrogen and oxygen atoms in total. The van der Waals surface area contributed by atoms with Crippen LogP contribution in [-0.2, 0) is 11.2 Å². The number of carbonyl (C=O) groups is 2. The summed E-state index contributed by atoms with van der Waals surface area (Å²) in [4.78, 5) is 36.5. The molecular formula is C23H22FN5O2. The number of carbonyl (C=O) groups excluding carboxylic acids is 2. The lowest BCUT2D eigenvalue weighted by molar-refractivity contribution is -0.119. The highest BCUT2D eigenvalue weighted by Crippen LogP contribution is 2.22. The minimum atomic E-state index is -0.992. The third kappa shape index (κ3) is 4.75. The van der Waals surface area contributed by atoms with E-state index in [4.69, 9.17) is 5.73 Å². The first kappa shape index (κ1) is 21.6. The predicted octanol–water partition coefficient (Wildman–Crippen LogP) is 3.23. The van der Waals surface area contributed by atoms with Crippen LogP contribution in [0, 0.1) is 5.82 Å². The number of primary amides is 1. The molecule has 2 aromatic carbocycles. The first-order valence-corrected chi connectivity index (χ1v) is 9.25. The molecule has 158 valence electrons. The Hall–Kier alpha value is -4.07. The highest BCUT2D eigenvalue weighted by molar-refractivity contribution is 6.06. The Labute approximate surface area is 178 Å². The Bertz CT molecular complexity index is 1220. The Morgan fingerprint density at radius 2 is 1.84 bits per heavy atom. The number of aromatic nitrogens is 3. The monoisotopic (exact) mass is 419 g/mol. The van der Waals surface area contributed by atoms with Gasteiger partial charge in [-0.15, -0.1) is 0 Å². The summed E-state index contributed by atoms with van der Waals surface area (Å²) in [5, 5.41) is 2.64. The van der Waals surface area contributed by atoms with Crippen LogP contribution in [0.3, 0.4) is 0 Å². The van der Waals surface area contributed by atoms with Gasteiger partial charge in [0, 0.05) is 24.4 Å². The van der Waals surface area contributed by atoms with Gasteiger partial charge in [0.05, 0.1) is 11.1 Å². The lowest BCUT2D eigenvalue weighted by Crippen LogP contribution is -2.45. The van der Waals surface area contributed by atoms with Crippen molar-refractivity contribution in [2.75, 3.05) is 0 Å². The number of hydrogen-bond donors (Lipinski definition) is 3. The lowest BCUT2D eigenvalue weighted by atomic mass is 10.0. The molecule has 4 rings (SSSR count). The standard InChI is InChI=1S/C22H18FN5O2.CH4/c23-15-4-1-3-13(11-15)12-18(20(24)29)27-22(30)16-5-2-6-17-19(16)28-21(26-17)14-7-9-25-10-8-14;/h1-11,18H,12H2,(H2,24,29)(H,26,28)(H,27,30);1H4/t18-;/m1./s1. The molecule has 0 unspecified atom stereocenters. The van der Waals surface area contributed by atoms with Gasteiger partial charge in [0.2, 0.25) is 5.91 Å². The molecule has 2 aromatic heterocycles. The zero-order valence-electron chi connectivity index (χ0n) is 15.8. The van der Waals surface area contributed by atoms with E-state index in [0.717, 1.165) is 5.56 Å². The summed E-state index contributed by atoms with van der Waals surface area (Å²) >= 11 is 0. The number of benzene rings is 2. The summed E-state index contributed by atoms with van der Waals surface area (Å²) in [6, 6.07) is 13.6. The van der Waals surface area contributed by atoms with E-state index >= 15 is 0 Å². The average molecular weight is 419 g/mol. The molecule has 1 atom stereocenters. The minimum absolute atomic E-state index is 0. The van der Waals surface area contributed by atoms with Crippen LogP contribution in [0.1, 0.15) is 23.3 Å². The molecule has 0 fully saturated rings. The molecule has 0 aliphatic rings. The average Bonchev–Trinajstić information content (AvgIpc) is 3.18. The van der Waals surface area contributed by atoms with Crippen molar-refractivity contribution >= 4 is 22.8 Å². The zero-order valence-corrected chi connectivity index (χ0v) is 15.8. The fraction of sp³-hybridized carbons (Fsp3) is 0.130. The molecule has 0 aliphatic carbocycles. The van der Waals surface area contributed by atoms with Gasteiger partial charge in [-0.05, 0) is 42.0 Å². The predicted molar refractivity (Wildman–Crippen MR) is 117 cm³/mol. The molecule has 0 spiro atoms. The van der Waals surface area contributed by atoms with Crippen LogP contribution in [-0.4, -0.2) is 32.8 Å². The number of pyridine rings is 1. The normalized spacial score (nSPS) is 11.5. The lowest BCUT2D eigenvalue weighted by Gasteiger charge is -2.16. The highest BCUT2D eigenvalue weighted by atomic mass is 19.1. The van der Waals surface area contributed by atoms with Gasteiger partial charge in [0.15, 0.2) is 0 Å². The Morgan fingerprint density at radius 3 is 2.55 bits per heavy atom. The maximum absolute atomic E-state index is 13.4. The van der Waals surface area contributed by atoms with Crippen molar-refractivity contribution in [3.05, 3.63) is 83.9 Å². The fourth-order valence-electron chi connectivity index (χ4n) is 3.22. The van der Waals surface area contributed by atoms with E-state index in [9.17, 15) is 14.0 Å². The van der Waals surface area contributed by atoms with Crippen LogP contribution in [0.15, 0.2) is 67.0 Å². The largest absolute Gasteiger partial charge is 0.368 e. The SMILES string of the molecule is C.NC(=O)[C@@H](Cc1cccc(F)c1)NC(=O)c1cccc2[nH]c(-c3ccncc3)nc12. The number of H-pyrrole nitrogens is 1. The second kappa shape index (κ2) is 9.17. The van der Waals surface area contributed by atoms with Gasteiger partial charge in [-0.1, -0.05) is 25.6 Å². The van der Waals surface area contributed by atoms with Crippen LogP contribution in [0.5, 0.6) is 0 Å². The molecule has 2 heterocycles. The van der Waals surface area contributed by atoms with Gasteiger partial charge in [-0.3, -0.25) is 14.6 Å². The Balaban J connectivity index is 0.00000272.